The molecule has 2 aromatic rings. The van der Waals surface area contributed by atoms with Crippen molar-refractivity contribution in [3.8, 4) is 0 Å². The van der Waals surface area contributed by atoms with Crippen molar-refractivity contribution in [1.29, 1.82) is 0 Å². The zero-order valence-electron chi connectivity index (χ0n) is 13.8. The minimum absolute atomic E-state index is 0.207. The van der Waals surface area contributed by atoms with E-state index >= 15 is 0 Å². The number of para-hydroxylation sites is 2. The van der Waals surface area contributed by atoms with Crippen LogP contribution in [0.1, 0.15) is 5.69 Å². The van der Waals surface area contributed by atoms with Crippen molar-refractivity contribution < 1.29 is 14.3 Å². The number of benzene rings is 1. The lowest BCUT2D eigenvalue weighted by Gasteiger charge is -2.30. The third-order valence-corrected chi connectivity index (χ3v) is 3.87. The Bertz CT molecular complexity index is 730. The molecular formula is C18H20N4O3. The van der Waals surface area contributed by atoms with E-state index in [2.05, 4.69) is 20.5 Å². The lowest BCUT2D eigenvalue weighted by atomic mass is 10.2. The molecule has 25 heavy (non-hydrogen) atoms. The number of hydrogen-bond donors (Lipinski definition) is 2. The summed E-state index contributed by atoms with van der Waals surface area (Å²) in [5.74, 6) is -1.39. The fourth-order valence-corrected chi connectivity index (χ4v) is 2.59. The summed E-state index contributed by atoms with van der Waals surface area (Å²) in [6, 6.07) is 12.8. The molecule has 3 rings (SSSR count). The number of hydrogen-bond acceptors (Lipinski definition) is 5. The van der Waals surface area contributed by atoms with Crippen LogP contribution in [0.25, 0.3) is 0 Å². The Balaban J connectivity index is 1.61. The van der Waals surface area contributed by atoms with Crippen LogP contribution in [0.3, 0.4) is 0 Å². The van der Waals surface area contributed by atoms with Crippen LogP contribution in [0.4, 0.5) is 11.4 Å². The van der Waals surface area contributed by atoms with Crippen LogP contribution in [0, 0.1) is 0 Å². The van der Waals surface area contributed by atoms with Crippen molar-refractivity contribution in [2.24, 2.45) is 0 Å². The van der Waals surface area contributed by atoms with Crippen LogP contribution < -0.4 is 15.5 Å². The second-order valence-corrected chi connectivity index (χ2v) is 5.57. The molecule has 0 unspecified atom stereocenters. The minimum atomic E-state index is -0.698. The summed E-state index contributed by atoms with van der Waals surface area (Å²) < 4.78 is 5.36. The van der Waals surface area contributed by atoms with Crippen LogP contribution in [-0.4, -0.2) is 43.1 Å². The summed E-state index contributed by atoms with van der Waals surface area (Å²) in [6.45, 7) is 3.00. The van der Waals surface area contributed by atoms with Gasteiger partial charge in [0.25, 0.3) is 0 Å². The van der Waals surface area contributed by atoms with Gasteiger partial charge in [0.1, 0.15) is 0 Å². The van der Waals surface area contributed by atoms with Gasteiger partial charge < -0.3 is 20.3 Å². The van der Waals surface area contributed by atoms with Gasteiger partial charge in [-0.25, -0.2) is 0 Å². The number of pyridine rings is 1. The number of aromatic nitrogens is 1. The Labute approximate surface area is 146 Å². The Kier molecular flexibility index (Phi) is 5.58. The van der Waals surface area contributed by atoms with Gasteiger partial charge in [0.05, 0.1) is 36.8 Å². The molecule has 1 saturated heterocycles. The van der Waals surface area contributed by atoms with E-state index in [1.54, 1.807) is 24.4 Å². The maximum Gasteiger partial charge on any atom is 0.313 e. The number of nitrogens with zero attached hydrogens (tertiary/aromatic N) is 2. The summed E-state index contributed by atoms with van der Waals surface area (Å²) in [5.41, 5.74) is 2.19. The van der Waals surface area contributed by atoms with E-state index in [0.29, 0.717) is 24.6 Å². The van der Waals surface area contributed by atoms with Crippen molar-refractivity contribution in [1.82, 2.24) is 10.3 Å². The first kappa shape index (κ1) is 16.9. The molecule has 130 valence electrons. The first-order valence-corrected chi connectivity index (χ1v) is 8.15. The van der Waals surface area contributed by atoms with Crippen LogP contribution in [-0.2, 0) is 20.9 Å². The topological polar surface area (TPSA) is 83.6 Å². The molecule has 1 aromatic carbocycles. The number of carbonyl (C=O) groups is 2. The van der Waals surface area contributed by atoms with Crippen LogP contribution >= 0.6 is 0 Å². The first-order valence-electron chi connectivity index (χ1n) is 8.15. The number of anilines is 2. The number of morpholine rings is 1. The molecule has 2 heterocycles. The zero-order valence-corrected chi connectivity index (χ0v) is 13.8. The standard InChI is InChI=1S/C18H20N4O3/c23-17(20-13-14-5-3-4-8-19-14)18(24)21-15-6-1-2-7-16(15)22-9-11-25-12-10-22/h1-8H,9-13H2,(H,20,23)(H,21,24). The highest BCUT2D eigenvalue weighted by molar-refractivity contribution is 6.39. The van der Waals surface area contributed by atoms with E-state index in [0.717, 1.165) is 18.8 Å². The van der Waals surface area contributed by atoms with E-state index in [1.807, 2.05) is 24.3 Å². The van der Waals surface area contributed by atoms with Gasteiger partial charge in [0, 0.05) is 19.3 Å². The van der Waals surface area contributed by atoms with Gasteiger partial charge in [-0.05, 0) is 24.3 Å². The Hall–Kier alpha value is -2.93. The fraction of sp³-hybridized carbons (Fsp3) is 0.278. The molecule has 2 N–H and O–H groups in total. The molecule has 1 aliphatic rings. The zero-order chi connectivity index (χ0) is 17.5. The molecule has 1 aromatic heterocycles. The summed E-state index contributed by atoms with van der Waals surface area (Å²) in [6.07, 6.45) is 1.64. The molecule has 0 bridgehead atoms. The van der Waals surface area contributed by atoms with Gasteiger partial charge in [0.2, 0.25) is 0 Å². The lowest BCUT2D eigenvalue weighted by Crippen LogP contribution is -2.38. The largest absolute Gasteiger partial charge is 0.378 e. The Morgan fingerprint density at radius 1 is 1.04 bits per heavy atom. The van der Waals surface area contributed by atoms with Gasteiger partial charge in [0.15, 0.2) is 0 Å². The normalized spacial score (nSPS) is 14.0. The monoisotopic (exact) mass is 340 g/mol. The summed E-state index contributed by atoms with van der Waals surface area (Å²) in [4.78, 5) is 30.4. The molecule has 0 radical (unpaired) electrons. The van der Waals surface area contributed by atoms with E-state index in [9.17, 15) is 9.59 Å². The Morgan fingerprint density at radius 3 is 2.56 bits per heavy atom. The third kappa shape index (κ3) is 4.54. The summed E-state index contributed by atoms with van der Waals surface area (Å²) in [5, 5.41) is 5.26. The van der Waals surface area contributed by atoms with Gasteiger partial charge >= 0.3 is 11.8 Å². The van der Waals surface area contributed by atoms with Crippen molar-refractivity contribution in [3.63, 3.8) is 0 Å². The van der Waals surface area contributed by atoms with E-state index in [-0.39, 0.29) is 6.54 Å². The highest BCUT2D eigenvalue weighted by Gasteiger charge is 2.18. The maximum absolute atomic E-state index is 12.2. The number of nitrogens with one attached hydrogen (secondary N) is 2. The van der Waals surface area contributed by atoms with Gasteiger partial charge in [-0.3, -0.25) is 14.6 Å². The third-order valence-electron chi connectivity index (χ3n) is 3.87. The molecule has 1 aliphatic heterocycles. The molecule has 2 amide bonds. The second-order valence-electron chi connectivity index (χ2n) is 5.57. The number of ether oxygens (including phenoxy) is 1. The van der Waals surface area contributed by atoms with Crippen molar-refractivity contribution in [2.45, 2.75) is 6.54 Å². The first-order chi connectivity index (χ1) is 12.2. The fourth-order valence-electron chi connectivity index (χ4n) is 2.59. The van der Waals surface area contributed by atoms with Crippen molar-refractivity contribution in [2.75, 3.05) is 36.5 Å². The highest BCUT2D eigenvalue weighted by Crippen LogP contribution is 2.26. The average molecular weight is 340 g/mol. The van der Waals surface area contributed by atoms with E-state index in [4.69, 9.17) is 4.74 Å². The molecule has 0 aliphatic carbocycles. The smallest absolute Gasteiger partial charge is 0.313 e. The molecule has 7 heteroatoms. The molecule has 1 fully saturated rings. The van der Waals surface area contributed by atoms with Crippen LogP contribution in [0.2, 0.25) is 0 Å². The number of rotatable bonds is 4. The number of amides is 2. The predicted molar refractivity (Wildman–Crippen MR) is 94.2 cm³/mol. The minimum Gasteiger partial charge on any atom is -0.378 e. The van der Waals surface area contributed by atoms with Crippen molar-refractivity contribution in [3.05, 3.63) is 54.4 Å². The van der Waals surface area contributed by atoms with E-state index < -0.39 is 11.8 Å². The van der Waals surface area contributed by atoms with Gasteiger partial charge in [-0.1, -0.05) is 18.2 Å². The number of carbonyl (C=O) groups excluding carboxylic acids is 2. The molecule has 7 nitrogen and oxygen atoms in total. The highest BCUT2D eigenvalue weighted by atomic mass is 16.5. The quantitative estimate of drug-likeness (QED) is 0.817. The molecule has 0 atom stereocenters. The second kappa shape index (κ2) is 8.25. The maximum atomic E-state index is 12.2. The lowest BCUT2D eigenvalue weighted by molar-refractivity contribution is -0.136. The van der Waals surface area contributed by atoms with Crippen LogP contribution in [0.5, 0.6) is 0 Å². The molecular weight excluding hydrogens is 320 g/mol. The molecule has 0 saturated carbocycles. The van der Waals surface area contributed by atoms with Gasteiger partial charge in [-0.15, -0.1) is 0 Å². The van der Waals surface area contributed by atoms with Crippen LogP contribution in [0.15, 0.2) is 48.7 Å². The summed E-state index contributed by atoms with van der Waals surface area (Å²) in [7, 11) is 0. The summed E-state index contributed by atoms with van der Waals surface area (Å²) >= 11 is 0. The predicted octanol–water partition coefficient (Wildman–Crippen LogP) is 1.17. The van der Waals surface area contributed by atoms with Crippen molar-refractivity contribution >= 4 is 23.2 Å². The molecule has 0 spiro atoms. The van der Waals surface area contributed by atoms with E-state index in [1.165, 1.54) is 0 Å². The Morgan fingerprint density at radius 2 is 1.80 bits per heavy atom. The average Bonchev–Trinajstić information content (AvgIpc) is 2.68. The van der Waals surface area contributed by atoms with Gasteiger partial charge in [-0.2, -0.15) is 0 Å². The SMILES string of the molecule is O=C(NCc1ccccn1)C(=O)Nc1ccccc1N1CCOCC1.